The Morgan fingerprint density at radius 2 is 1.95 bits per heavy atom. The maximum Gasteiger partial charge on any atom is 0.138 e. The number of allylic oxidation sites excluding steroid dienone is 2. The first-order valence-corrected chi connectivity index (χ1v) is 8.71. The maximum atomic E-state index is 12.4. The lowest BCUT2D eigenvalue weighted by Crippen LogP contribution is -2.57. The molecular weight excluding hydrogens is 272 g/mol. The van der Waals surface area contributed by atoms with Crippen molar-refractivity contribution < 1.29 is 9.90 Å². The quantitative estimate of drug-likeness (QED) is 0.734. The molecule has 2 heteroatoms. The largest absolute Gasteiger partial charge is 0.392 e. The molecule has 22 heavy (non-hydrogen) atoms. The van der Waals surface area contributed by atoms with Crippen molar-refractivity contribution in [1.29, 1.82) is 0 Å². The third-order valence-corrected chi connectivity index (χ3v) is 7.12. The highest BCUT2D eigenvalue weighted by Crippen LogP contribution is 2.62. The zero-order valence-corrected chi connectivity index (χ0v) is 14.5. The predicted molar refractivity (Wildman–Crippen MR) is 89.4 cm³/mol. The van der Waals surface area contributed by atoms with E-state index in [1.165, 1.54) is 5.57 Å². The van der Waals surface area contributed by atoms with Crippen LogP contribution in [0.1, 0.15) is 59.8 Å². The molecule has 122 valence electrons. The van der Waals surface area contributed by atoms with E-state index in [0.29, 0.717) is 18.1 Å². The zero-order chi connectivity index (χ0) is 16.3. The van der Waals surface area contributed by atoms with E-state index in [2.05, 4.69) is 40.3 Å². The summed E-state index contributed by atoms with van der Waals surface area (Å²) in [6.45, 7) is 12.7. The van der Waals surface area contributed by atoms with Crippen LogP contribution in [0.25, 0.3) is 0 Å². The fourth-order valence-electron chi connectivity index (χ4n) is 5.89. The van der Waals surface area contributed by atoms with Crippen LogP contribution in [-0.2, 0) is 4.79 Å². The number of fused-ring (bicyclic) bond motifs is 3. The first kappa shape index (κ1) is 16.0. The molecule has 0 spiro atoms. The standard InChI is InChI=1S/C20H30O2/c1-6-19(4)11-13-7-8-15-18(2,3)16(22)9-10-20(15,5)17(13)14(21)12-19/h6,11,14-15,17,21H,1,7-10,12H2,2-5H3/t14-,15+,17+,19-,20+/m1/s1. The summed E-state index contributed by atoms with van der Waals surface area (Å²) in [5, 5.41) is 10.9. The number of Topliss-reactive ketones (excluding diaryl/α,β-unsaturated/α-hetero) is 1. The van der Waals surface area contributed by atoms with E-state index in [1.54, 1.807) is 0 Å². The van der Waals surface area contributed by atoms with E-state index in [4.69, 9.17) is 0 Å². The molecule has 0 amide bonds. The molecule has 2 fully saturated rings. The molecule has 2 nitrogen and oxygen atoms in total. The number of hydrogen-bond donors (Lipinski definition) is 1. The number of ketones is 1. The number of carbonyl (C=O) groups excluding carboxylic acids is 1. The van der Waals surface area contributed by atoms with Gasteiger partial charge in [0, 0.05) is 23.2 Å². The van der Waals surface area contributed by atoms with Crippen molar-refractivity contribution in [2.75, 3.05) is 0 Å². The summed E-state index contributed by atoms with van der Waals surface area (Å²) in [4.78, 5) is 12.4. The van der Waals surface area contributed by atoms with Gasteiger partial charge in [-0.05, 0) is 37.0 Å². The lowest BCUT2D eigenvalue weighted by molar-refractivity contribution is -0.150. The molecular formula is C20H30O2. The van der Waals surface area contributed by atoms with Crippen LogP contribution >= 0.6 is 0 Å². The molecule has 0 aliphatic heterocycles. The van der Waals surface area contributed by atoms with Crippen LogP contribution in [0.4, 0.5) is 0 Å². The van der Waals surface area contributed by atoms with Gasteiger partial charge in [-0.3, -0.25) is 4.79 Å². The third-order valence-electron chi connectivity index (χ3n) is 7.12. The second-order valence-corrected chi connectivity index (χ2v) is 8.92. The van der Waals surface area contributed by atoms with E-state index >= 15 is 0 Å². The first-order valence-electron chi connectivity index (χ1n) is 8.71. The SMILES string of the molecule is C=C[C@]1(C)C=C2CC[C@H]3C(C)(C)C(=O)CC[C@]3(C)[C@@H]2[C@H](O)C1. The van der Waals surface area contributed by atoms with Crippen molar-refractivity contribution in [3.05, 3.63) is 24.3 Å². The van der Waals surface area contributed by atoms with Gasteiger partial charge in [0.25, 0.3) is 0 Å². The Hall–Kier alpha value is -0.890. The minimum atomic E-state index is -0.320. The van der Waals surface area contributed by atoms with Crippen molar-refractivity contribution in [3.63, 3.8) is 0 Å². The molecule has 0 bridgehead atoms. The molecule has 3 rings (SSSR count). The molecule has 0 aromatic carbocycles. The van der Waals surface area contributed by atoms with Gasteiger partial charge in [0.05, 0.1) is 6.10 Å². The monoisotopic (exact) mass is 302 g/mol. The van der Waals surface area contributed by atoms with Gasteiger partial charge in [-0.15, -0.1) is 6.58 Å². The summed E-state index contributed by atoms with van der Waals surface area (Å²) in [7, 11) is 0. The number of hydrogen-bond acceptors (Lipinski definition) is 2. The molecule has 5 atom stereocenters. The van der Waals surface area contributed by atoms with Crippen LogP contribution in [0, 0.1) is 28.1 Å². The molecule has 3 aliphatic rings. The topological polar surface area (TPSA) is 37.3 Å². The highest BCUT2D eigenvalue weighted by Gasteiger charge is 2.59. The van der Waals surface area contributed by atoms with Gasteiger partial charge in [0.2, 0.25) is 0 Å². The van der Waals surface area contributed by atoms with E-state index in [-0.39, 0.29) is 28.3 Å². The second-order valence-electron chi connectivity index (χ2n) is 8.92. The molecule has 0 radical (unpaired) electrons. The minimum absolute atomic E-state index is 0.0450. The van der Waals surface area contributed by atoms with E-state index < -0.39 is 0 Å². The number of carbonyl (C=O) groups is 1. The maximum absolute atomic E-state index is 12.4. The number of aliphatic hydroxyl groups is 1. The van der Waals surface area contributed by atoms with Gasteiger partial charge in [0.1, 0.15) is 5.78 Å². The van der Waals surface area contributed by atoms with Crippen LogP contribution in [0.15, 0.2) is 24.3 Å². The lowest BCUT2D eigenvalue weighted by atomic mass is 9.45. The Bertz CT molecular complexity index is 544. The highest BCUT2D eigenvalue weighted by molar-refractivity contribution is 5.85. The summed E-state index contributed by atoms with van der Waals surface area (Å²) < 4.78 is 0. The first-order chi connectivity index (χ1) is 10.1. The van der Waals surface area contributed by atoms with E-state index in [1.807, 2.05) is 6.08 Å². The summed E-state index contributed by atoms with van der Waals surface area (Å²) in [5.74, 6) is 1.00. The van der Waals surface area contributed by atoms with Gasteiger partial charge >= 0.3 is 0 Å². The molecule has 0 aromatic rings. The summed E-state index contributed by atoms with van der Waals surface area (Å²) in [5.41, 5.74) is 1.11. The summed E-state index contributed by atoms with van der Waals surface area (Å²) in [6, 6.07) is 0. The third kappa shape index (κ3) is 2.06. The number of aliphatic hydroxyl groups excluding tert-OH is 1. The van der Waals surface area contributed by atoms with Crippen LogP contribution in [-0.4, -0.2) is 17.0 Å². The molecule has 1 N–H and O–H groups in total. The van der Waals surface area contributed by atoms with Gasteiger partial charge < -0.3 is 5.11 Å². The molecule has 0 aromatic heterocycles. The average Bonchev–Trinajstić information content (AvgIpc) is 2.42. The Labute approximate surface area is 134 Å². The van der Waals surface area contributed by atoms with Crippen LogP contribution < -0.4 is 0 Å². The lowest BCUT2D eigenvalue weighted by Gasteiger charge is -2.59. The Morgan fingerprint density at radius 3 is 2.59 bits per heavy atom. The van der Waals surface area contributed by atoms with Crippen LogP contribution in [0.5, 0.6) is 0 Å². The average molecular weight is 302 g/mol. The highest BCUT2D eigenvalue weighted by atomic mass is 16.3. The van der Waals surface area contributed by atoms with Gasteiger partial charge in [-0.1, -0.05) is 45.4 Å². The fourth-order valence-corrected chi connectivity index (χ4v) is 5.89. The molecule has 0 unspecified atom stereocenters. The van der Waals surface area contributed by atoms with E-state index in [0.717, 1.165) is 25.7 Å². The molecule has 0 heterocycles. The van der Waals surface area contributed by atoms with Crippen molar-refractivity contribution >= 4 is 5.78 Å². The van der Waals surface area contributed by atoms with E-state index in [9.17, 15) is 9.90 Å². The Balaban J connectivity index is 2.05. The molecule has 0 saturated heterocycles. The van der Waals surface area contributed by atoms with Gasteiger partial charge in [0.15, 0.2) is 0 Å². The van der Waals surface area contributed by atoms with Crippen molar-refractivity contribution in [2.45, 2.75) is 65.9 Å². The second kappa shape index (κ2) is 4.80. The van der Waals surface area contributed by atoms with Crippen LogP contribution in [0.2, 0.25) is 0 Å². The Morgan fingerprint density at radius 1 is 1.27 bits per heavy atom. The van der Waals surface area contributed by atoms with Gasteiger partial charge in [-0.2, -0.15) is 0 Å². The fraction of sp³-hybridized carbons (Fsp3) is 0.750. The van der Waals surface area contributed by atoms with Crippen LogP contribution in [0.3, 0.4) is 0 Å². The normalized spacial score (nSPS) is 47.2. The molecule has 3 aliphatic carbocycles. The minimum Gasteiger partial charge on any atom is -0.392 e. The van der Waals surface area contributed by atoms with Crippen molar-refractivity contribution in [1.82, 2.24) is 0 Å². The smallest absolute Gasteiger partial charge is 0.138 e. The summed E-state index contributed by atoms with van der Waals surface area (Å²) >= 11 is 0. The number of rotatable bonds is 1. The molecule has 2 saturated carbocycles. The summed E-state index contributed by atoms with van der Waals surface area (Å²) in [6.07, 6.45) is 8.43. The van der Waals surface area contributed by atoms with Gasteiger partial charge in [-0.25, -0.2) is 0 Å². The van der Waals surface area contributed by atoms with Crippen molar-refractivity contribution in [3.8, 4) is 0 Å². The Kier molecular flexibility index (Phi) is 3.49. The zero-order valence-electron chi connectivity index (χ0n) is 14.5. The predicted octanol–water partition coefficient (Wildman–Crippen LogP) is 4.29. The van der Waals surface area contributed by atoms with Crippen molar-refractivity contribution in [2.24, 2.45) is 28.1 Å².